The van der Waals surface area contributed by atoms with Crippen LogP contribution >= 0.6 is 0 Å². The summed E-state index contributed by atoms with van der Waals surface area (Å²) in [7, 11) is 1.61. The van der Waals surface area contributed by atoms with E-state index < -0.39 is 0 Å². The molecule has 0 radical (unpaired) electrons. The van der Waals surface area contributed by atoms with Gasteiger partial charge in [0.1, 0.15) is 0 Å². The summed E-state index contributed by atoms with van der Waals surface area (Å²) in [5.41, 5.74) is 0. The lowest BCUT2D eigenvalue weighted by Gasteiger charge is -2.36. The van der Waals surface area contributed by atoms with Gasteiger partial charge in [-0.05, 0) is 19.3 Å². The van der Waals surface area contributed by atoms with Gasteiger partial charge in [0.2, 0.25) is 17.7 Å². The summed E-state index contributed by atoms with van der Waals surface area (Å²) in [5, 5.41) is 0. The second-order valence-corrected chi connectivity index (χ2v) is 6.10. The van der Waals surface area contributed by atoms with Gasteiger partial charge < -0.3 is 14.5 Å². The molecular formula is C16H25N5O2. The van der Waals surface area contributed by atoms with E-state index in [1.54, 1.807) is 19.4 Å². The van der Waals surface area contributed by atoms with Gasteiger partial charge in [0.05, 0.1) is 13.7 Å². The molecular weight excluding hydrogens is 294 g/mol. The van der Waals surface area contributed by atoms with E-state index in [2.05, 4.69) is 19.8 Å². The molecule has 0 bridgehead atoms. The Balaban J connectivity index is 1.49. The topological polar surface area (TPSA) is 61.8 Å². The Kier molecular flexibility index (Phi) is 5.27. The summed E-state index contributed by atoms with van der Waals surface area (Å²) >= 11 is 0. The van der Waals surface area contributed by atoms with Crippen molar-refractivity contribution in [2.75, 3.05) is 57.8 Å². The number of hydrogen-bond acceptors (Lipinski definition) is 6. The van der Waals surface area contributed by atoms with Crippen LogP contribution in [-0.2, 0) is 4.79 Å². The number of carbonyl (C=O) groups is 1. The van der Waals surface area contributed by atoms with Crippen molar-refractivity contribution in [2.45, 2.75) is 19.3 Å². The minimum atomic E-state index is 0.274. The Bertz CT molecular complexity index is 525. The van der Waals surface area contributed by atoms with Crippen LogP contribution in [0, 0.1) is 0 Å². The van der Waals surface area contributed by atoms with Gasteiger partial charge in [-0.25, -0.2) is 4.98 Å². The average molecular weight is 319 g/mol. The summed E-state index contributed by atoms with van der Waals surface area (Å²) in [6, 6.07) is 1.75. The Morgan fingerprint density at radius 2 is 1.87 bits per heavy atom. The van der Waals surface area contributed by atoms with Gasteiger partial charge in [-0.1, -0.05) is 0 Å². The normalized spacial score (nSPS) is 19.7. The van der Waals surface area contributed by atoms with E-state index in [-0.39, 0.29) is 5.91 Å². The van der Waals surface area contributed by atoms with Crippen LogP contribution in [0.15, 0.2) is 12.3 Å². The van der Waals surface area contributed by atoms with Crippen molar-refractivity contribution in [3.63, 3.8) is 0 Å². The van der Waals surface area contributed by atoms with Crippen molar-refractivity contribution in [1.29, 1.82) is 0 Å². The zero-order valence-electron chi connectivity index (χ0n) is 13.8. The van der Waals surface area contributed by atoms with Crippen molar-refractivity contribution < 1.29 is 9.53 Å². The molecule has 2 saturated heterocycles. The van der Waals surface area contributed by atoms with E-state index in [0.29, 0.717) is 18.4 Å². The van der Waals surface area contributed by atoms with Crippen LogP contribution < -0.4 is 9.64 Å². The predicted octanol–water partition coefficient (Wildman–Crippen LogP) is 0.620. The Hall–Kier alpha value is -1.89. The number of piperazine rings is 1. The third-order valence-corrected chi connectivity index (χ3v) is 4.55. The molecule has 0 N–H and O–H groups in total. The number of nitrogens with zero attached hydrogens (tertiary/aromatic N) is 5. The minimum Gasteiger partial charge on any atom is -0.481 e. The third-order valence-electron chi connectivity index (χ3n) is 4.55. The Labute approximate surface area is 137 Å². The largest absolute Gasteiger partial charge is 0.481 e. The van der Waals surface area contributed by atoms with Gasteiger partial charge >= 0.3 is 0 Å². The van der Waals surface area contributed by atoms with E-state index in [1.807, 2.05) is 4.90 Å². The second kappa shape index (κ2) is 7.59. The van der Waals surface area contributed by atoms with E-state index >= 15 is 0 Å². The number of rotatable bonds is 4. The first-order valence-corrected chi connectivity index (χ1v) is 8.38. The molecule has 1 aromatic rings. The molecule has 0 saturated carbocycles. The summed E-state index contributed by atoms with van der Waals surface area (Å²) in [5.74, 6) is 1.56. The van der Waals surface area contributed by atoms with Gasteiger partial charge in [0, 0.05) is 51.5 Å². The molecule has 126 valence electrons. The smallest absolute Gasteiger partial charge is 0.236 e. The number of aromatic nitrogens is 2. The SMILES string of the molecule is COc1ccnc(N2CCN(CC(=O)N3CCCCC3)CC2)n1. The standard InChI is InChI=1S/C16H25N5O2/c1-23-14-5-6-17-16(18-14)21-11-9-19(10-12-21)13-15(22)20-7-3-2-4-8-20/h5-6H,2-4,7-13H2,1H3. The number of hydrogen-bond donors (Lipinski definition) is 0. The van der Waals surface area contributed by atoms with Crippen molar-refractivity contribution >= 4 is 11.9 Å². The van der Waals surface area contributed by atoms with Crippen LogP contribution in [0.2, 0.25) is 0 Å². The first-order valence-electron chi connectivity index (χ1n) is 8.38. The first kappa shape index (κ1) is 16.0. The molecule has 3 heterocycles. The molecule has 0 aromatic carbocycles. The van der Waals surface area contributed by atoms with E-state index in [0.717, 1.165) is 52.1 Å². The second-order valence-electron chi connectivity index (χ2n) is 6.10. The van der Waals surface area contributed by atoms with Crippen LogP contribution in [0.1, 0.15) is 19.3 Å². The minimum absolute atomic E-state index is 0.274. The van der Waals surface area contributed by atoms with Gasteiger partial charge in [-0.2, -0.15) is 4.98 Å². The maximum Gasteiger partial charge on any atom is 0.236 e. The quantitative estimate of drug-likeness (QED) is 0.811. The molecule has 0 spiro atoms. The molecule has 1 aromatic heterocycles. The highest BCUT2D eigenvalue weighted by molar-refractivity contribution is 5.78. The van der Waals surface area contributed by atoms with Gasteiger partial charge in [0.25, 0.3) is 0 Å². The summed E-state index contributed by atoms with van der Waals surface area (Å²) < 4.78 is 5.15. The maximum absolute atomic E-state index is 12.3. The van der Waals surface area contributed by atoms with Crippen molar-refractivity contribution in [3.8, 4) is 5.88 Å². The molecule has 0 atom stereocenters. The molecule has 3 rings (SSSR count). The van der Waals surface area contributed by atoms with Crippen LogP contribution in [0.4, 0.5) is 5.95 Å². The Morgan fingerprint density at radius 1 is 1.13 bits per heavy atom. The fourth-order valence-corrected chi connectivity index (χ4v) is 3.14. The number of anilines is 1. The molecule has 1 amide bonds. The number of likely N-dealkylation sites (tertiary alicyclic amines) is 1. The zero-order valence-corrected chi connectivity index (χ0v) is 13.8. The Morgan fingerprint density at radius 3 is 2.57 bits per heavy atom. The van der Waals surface area contributed by atoms with Crippen molar-refractivity contribution in [1.82, 2.24) is 19.8 Å². The van der Waals surface area contributed by atoms with Crippen LogP contribution in [0.5, 0.6) is 5.88 Å². The average Bonchev–Trinajstić information content (AvgIpc) is 2.63. The number of amides is 1. The van der Waals surface area contributed by atoms with E-state index in [1.165, 1.54) is 6.42 Å². The van der Waals surface area contributed by atoms with Gasteiger partial charge in [-0.3, -0.25) is 9.69 Å². The highest BCUT2D eigenvalue weighted by Gasteiger charge is 2.23. The number of piperidine rings is 1. The van der Waals surface area contributed by atoms with Gasteiger partial charge in [-0.15, -0.1) is 0 Å². The summed E-state index contributed by atoms with van der Waals surface area (Å²) in [6.45, 7) is 5.78. The molecule has 7 nitrogen and oxygen atoms in total. The number of carbonyl (C=O) groups excluding carboxylic acids is 1. The fourth-order valence-electron chi connectivity index (χ4n) is 3.14. The predicted molar refractivity (Wildman–Crippen MR) is 87.7 cm³/mol. The van der Waals surface area contributed by atoms with E-state index in [4.69, 9.17) is 4.74 Å². The van der Waals surface area contributed by atoms with Crippen LogP contribution in [-0.4, -0.2) is 78.6 Å². The molecule has 0 aliphatic carbocycles. The summed E-state index contributed by atoms with van der Waals surface area (Å²) in [4.78, 5) is 27.4. The molecule has 23 heavy (non-hydrogen) atoms. The lowest BCUT2D eigenvalue weighted by Crippen LogP contribution is -2.51. The maximum atomic E-state index is 12.3. The monoisotopic (exact) mass is 319 g/mol. The van der Waals surface area contributed by atoms with Crippen LogP contribution in [0.3, 0.4) is 0 Å². The molecule has 2 fully saturated rings. The number of ether oxygens (including phenoxy) is 1. The molecule has 0 unspecified atom stereocenters. The lowest BCUT2D eigenvalue weighted by atomic mass is 10.1. The molecule has 2 aliphatic heterocycles. The van der Waals surface area contributed by atoms with Crippen molar-refractivity contribution in [2.24, 2.45) is 0 Å². The van der Waals surface area contributed by atoms with E-state index in [9.17, 15) is 4.79 Å². The summed E-state index contributed by atoms with van der Waals surface area (Å²) in [6.07, 6.45) is 5.26. The fraction of sp³-hybridized carbons (Fsp3) is 0.688. The number of methoxy groups -OCH3 is 1. The van der Waals surface area contributed by atoms with Gasteiger partial charge in [0.15, 0.2) is 0 Å². The first-order chi connectivity index (χ1) is 11.3. The zero-order chi connectivity index (χ0) is 16.1. The molecule has 2 aliphatic rings. The third kappa shape index (κ3) is 4.10. The molecule has 7 heteroatoms. The highest BCUT2D eigenvalue weighted by Crippen LogP contribution is 2.15. The lowest BCUT2D eigenvalue weighted by molar-refractivity contribution is -0.133. The highest BCUT2D eigenvalue weighted by atomic mass is 16.5. The van der Waals surface area contributed by atoms with Crippen molar-refractivity contribution in [3.05, 3.63) is 12.3 Å². The van der Waals surface area contributed by atoms with Crippen LogP contribution in [0.25, 0.3) is 0 Å².